The lowest BCUT2D eigenvalue weighted by Crippen LogP contribution is -2.40. The Labute approximate surface area is 118 Å². The Bertz CT molecular complexity index is 649. The number of nitrogens with zero attached hydrogens (tertiary/aromatic N) is 4. The van der Waals surface area contributed by atoms with E-state index in [-0.39, 0.29) is 5.82 Å². The molecule has 2 aromatic rings. The summed E-state index contributed by atoms with van der Waals surface area (Å²) in [4.78, 5) is 11.9. The van der Waals surface area contributed by atoms with E-state index in [0.717, 1.165) is 0 Å². The number of imidazole rings is 1. The van der Waals surface area contributed by atoms with Crippen LogP contribution in [0.1, 0.15) is 6.23 Å². The molecule has 10 heteroatoms. The van der Waals surface area contributed by atoms with Gasteiger partial charge in [0, 0.05) is 0 Å². The summed E-state index contributed by atoms with van der Waals surface area (Å²) >= 11 is 0. The molecule has 0 radical (unpaired) electrons. The Morgan fingerprint density at radius 2 is 2.05 bits per heavy atom. The number of aromatic nitrogens is 4. The third kappa shape index (κ3) is 2.13. The van der Waals surface area contributed by atoms with Gasteiger partial charge in [-0.3, -0.25) is 4.57 Å². The Balaban J connectivity index is 1.98. The van der Waals surface area contributed by atoms with Crippen molar-refractivity contribution in [2.24, 2.45) is 0 Å². The summed E-state index contributed by atoms with van der Waals surface area (Å²) in [6.07, 6.45) is -3.51. The number of fused-ring (bicyclic) bond motifs is 1. The number of nitrogen functional groups attached to an aromatic ring is 1. The molecule has 0 saturated carbocycles. The van der Waals surface area contributed by atoms with Crippen LogP contribution in [-0.4, -0.2) is 71.0 Å². The molecule has 5 atom stereocenters. The summed E-state index contributed by atoms with van der Waals surface area (Å²) in [7, 11) is 0. The Morgan fingerprint density at radius 3 is 2.76 bits per heavy atom. The van der Waals surface area contributed by atoms with Crippen LogP contribution in [0.15, 0.2) is 12.7 Å². The van der Waals surface area contributed by atoms with Crippen LogP contribution in [-0.2, 0) is 4.74 Å². The van der Waals surface area contributed by atoms with Crippen molar-refractivity contribution in [2.45, 2.75) is 30.6 Å². The van der Waals surface area contributed by atoms with Crippen molar-refractivity contribution in [3.8, 4) is 0 Å². The molecule has 2 aromatic heterocycles. The summed E-state index contributed by atoms with van der Waals surface area (Å²) in [5.74, 6) is 0.179. The molecular weight excluding hydrogens is 282 g/mol. The van der Waals surface area contributed by atoms with E-state index in [4.69, 9.17) is 15.6 Å². The van der Waals surface area contributed by atoms with Gasteiger partial charge in [0.1, 0.15) is 36.3 Å². The molecule has 0 aromatic carbocycles. The maximum absolute atomic E-state index is 10.1. The first-order valence-electron chi connectivity index (χ1n) is 6.28. The third-order valence-corrected chi connectivity index (χ3v) is 3.50. The second-order valence-electron chi connectivity index (χ2n) is 4.81. The maximum Gasteiger partial charge on any atom is 0.167 e. The van der Waals surface area contributed by atoms with Gasteiger partial charge in [-0.2, -0.15) is 0 Å². The van der Waals surface area contributed by atoms with Crippen LogP contribution in [0, 0.1) is 0 Å². The normalized spacial score (nSPS) is 30.9. The number of hydrogen-bond donors (Lipinski definition) is 5. The van der Waals surface area contributed by atoms with Crippen molar-refractivity contribution < 1.29 is 25.2 Å². The minimum atomic E-state index is -1.35. The highest BCUT2D eigenvalue weighted by atomic mass is 16.6. The van der Waals surface area contributed by atoms with Crippen molar-refractivity contribution >= 4 is 17.0 Å². The summed E-state index contributed by atoms with van der Waals surface area (Å²) in [6, 6.07) is 0. The smallest absolute Gasteiger partial charge is 0.167 e. The van der Waals surface area contributed by atoms with Crippen LogP contribution >= 0.6 is 0 Å². The summed E-state index contributed by atoms with van der Waals surface area (Å²) in [6.45, 7) is -0.596. The van der Waals surface area contributed by atoms with Gasteiger partial charge in [-0.05, 0) is 0 Å². The van der Waals surface area contributed by atoms with E-state index in [9.17, 15) is 15.3 Å². The van der Waals surface area contributed by atoms with Crippen LogP contribution in [0.25, 0.3) is 11.2 Å². The number of nitrogens with two attached hydrogens (primary N) is 1. The van der Waals surface area contributed by atoms with Gasteiger partial charge in [0.25, 0.3) is 0 Å². The maximum atomic E-state index is 10.1. The van der Waals surface area contributed by atoms with E-state index < -0.39 is 37.3 Å². The fourth-order valence-corrected chi connectivity index (χ4v) is 2.39. The van der Waals surface area contributed by atoms with Crippen molar-refractivity contribution in [3.63, 3.8) is 0 Å². The molecule has 3 rings (SSSR count). The monoisotopic (exact) mass is 297 g/mol. The van der Waals surface area contributed by atoms with Crippen LogP contribution in [0.4, 0.5) is 5.82 Å². The lowest BCUT2D eigenvalue weighted by atomic mass is 10.1. The van der Waals surface area contributed by atoms with Gasteiger partial charge < -0.3 is 30.9 Å². The fourth-order valence-electron chi connectivity index (χ4n) is 2.39. The molecule has 0 amide bonds. The second kappa shape index (κ2) is 5.16. The zero-order chi connectivity index (χ0) is 15.1. The predicted octanol–water partition coefficient (Wildman–Crippen LogP) is -2.62. The molecular formula is C11H15N5O5. The Morgan fingerprint density at radius 1 is 1.29 bits per heavy atom. The fraction of sp³-hybridized carbons (Fsp3) is 0.545. The van der Waals surface area contributed by atoms with Gasteiger partial charge in [-0.1, -0.05) is 0 Å². The van der Waals surface area contributed by atoms with Gasteiger partial charge in [0.2, 0.25) is 0 Å². The zero-order valence-electron chi connectivity index (χ0n) is 10.8. The van der Waals surface area contributed by atoms with E-state index in [0.29, 0.717) is 11.2 Å². The number of ether oxygens (including phenoxy) is 1. The first kappa shape index (κ1) is 14.1. The largest absolute Gasteiger partial charge is 0.394 e. The molecule has 0 aliphatic carbocycles. The topological polar surface area (TPSA) is 160 Å². The van der Waals surface area contributed by atoms with E-state index in [2.05, 4.69) is 15.0 Å². The van der Waals surface area contributed by atoms with Crippen molar-refractivity contribution in [2.75, 3.05) is 12.3 Å². The molecule has 114 valence electrons. The zero-order valence-corrected chi connectivity index (χ0v) is 10.8. The van der Waals surface area contributed by atoms with Crippen molar-refractivity contribution in [3.05, 3.63) is 12.7 Å². The Kier molecular flexibility index (Phi) is 3.47. The first-order valence-corrected chi connectivity index (χ1v) is 6.28. The second-order valence-corrected chi connectivity index (χ2v) is 4.81. The van der Waals surface area contributed by atoms with Gasteiger partial charge in [-0.15, -0.1) is 0 Å². The molecule has 0 spiro atoms. The van der Waals surface area contributed by atoms with Crippen LogP contribution in [0.5, 0.6) is 0 Å². The van der Waals surface area contributed by atoms with Crippen LogP contribution in [0.3, 0.4) is 0 Å². The van der Waals surface area contributed by atoms with Crippen molar-refractivity contribution in [1.29, 1.82) is 0 Å². The number of hydrogen-bond acceptors (Lipinski definition) is 9. The average molecular weight is 297 g/mol. The molecule has 1 aliphatic heterocycles. The van der Waals surface area contributed by atoms with E-state index in [1.54, 1.807) is 0 Å². The highest BCUT2D eigenvalue weighted by molar-refractivity contribution is 5.81. The summed E-state index contributed by atoms with van der Waals surface area (Å²) in [5, 5.41) is 38.5. The van der Waals surface area contributed by atoms with Gasteiger partial charge in [0.05, 0.1) is 12.9 Å². The quantitative estimate of drug-likeness (QED) is 0.408. The minimum absolute atomic E-state index is 0.179. The van der Waals surface area contributed by atoms with Gasteiger partial charge in [0.15, 0.2) is 17.7 Å². The number of anilines is 1. The highest BCUT2D eigenvalue weighted by Gasteiger charge is 2.47. The molecule has 6 N–H and O–H groups in total. The molecule has 1 saturated heterocycles. The molecule has 1 aliphatic rings. The van der Waals surface area contributed by atoms with E-state index >= 15 is 0 Å². The average Bonchev–Trinajstić information content (AvgIpc) is 3.02. The summed E-state index contributed by atoms with van der Waals surface area (Å²) < 4.78 is 6.84. The number of aliphatic hydroxyl groups excluding tert-OH is 4. The third-order valence-electron chi connectivity index (χ3n) is 3.50. The molecule has 0 bridgehead atoms. The molecule has 21 heavy (non-hydrogen) atoms. The van der Waals surface area contributed by atoms with Crippen LogP contribution < -0.4 is 5.73 Å². The number of rotatable bonds is 3. The minimum Gasteiger partial charge on any atom is -0.394 e. The standard InChI is InChI=1S/C11H15N5O5/c12-9-5-10(14-2-13-9)16(3-15-5)11-7(20)6(19)8(21-11)4(18)1-17/h2-4,6-8,11,17-20H,1H2,(H2,12,13,14)/t4-,6-,7+,8-,11+/m1/s1. The van der Waals surface area contributed by atoms with Crippen LogP contribution in [0.2, 0.25) is 0 Å². The Hall–Kier alpha value is -1.85. The SMILES string of the molecule is Nc1ncnc2c1ncn2[C@H]1O[C@H]([C@H](O)CO)[C@H](O)[C@@H]1O. The van der Waals surface area contributed by atoms with Gasteiger partial charge >= 0.3 is 0 Å². The summed E-state index contributed by atoms with van der Waals surface area (Å²) in [5.41, 5.74) is 6.35. The number of aliphatic hydroxyl groups is 4. The predicted molar refractivity (Wildman–Crippen MR) is 68.8 cm³/mol. The van der Waals surface area contributed by atoms with E-state index in [1.807, 2.05) is 0 Å². The molecule has 10 nitrogen and oxygen atoms in total. The lowest BCUT2D eigenvalue weighted by molar-refractivity contribution is -0.0962. The molecule has 0 unspecified atom stereocenters. The van der Waals surface area contributed by atoms with Crippen molar-refractivity contribution in [1.82, 2.24) is 19.5 Å². The first-order chi connectivity index (χ1) is 10.0. The van der Waals surface area contributed by atoms with Gasteiger partial charge in [-0.25, -0.2) is 15.0 Å². The highest BCUT2D eigenvalue weighted by Crippen LogP contribution is 2.33. The lowest BCUT2D eigenvalue weighted by Gasteiger charge is -2.18. The molecule has 3 heterocycles. The molecule has 1 fully saturated rings. The van der Waals surface area contributed by atoms with E-state index in [1.165, 1.54) is 17.2 Å².